The third kappa shape index (κ3) is 2.09. The molecule has 4 heteroatoms. The molecule has 0 unspecified atom stereocenters. The van der Waals surface area contributed by atoms with E-state index in [0.29, 0.717) is 11.5 Å². The molecule has 1 aliphatic rings. The van der Waals surface area contributed by atoms with E-state index in [1.54, 1.807) is 12.1 Å². The molecule has 16 heavy (non-hydrogen) atoms. The van der Waals surface area contributed by atoms with Crippen LogP contribution in [-0.2, 0) is 0 Å². The maximum absolute atomic E-state index is 13.5. The van der Waals surface area contributed by atoms with Gasteiger partial charge in [0.25, 0.3) is 0 Å². The fraction of sp³-hybridized carbons (Fsp3) is 0.500. The van der Waals surface area contributed by atoms with Gasteiger partial charge in [-0.05, 0) is 40.8 Å². The largest absolute Gasteiger partial charge is 0.505 e. The maximum atomic E-state index is 13.5. The zero-order valence-corrected chi connectivity index (χ0v) is 10.5. The number of phenolic OH excluding ortho intramolecular Hbond substituents is 1. The normalized spacial score (nSPS) is 18.9. The van der Waals surface area contributed by atoms with Crippen LogP contribution < -0.4 is 5.73 Å². The van der Waals surface area contributed by atoms with Gasteiger partial charge in [0, 0.05) is 11.6 Å². The average Bonchev–Trinajstić information content (AvgIpc) is 2.79. The fourth-order valence-electron chi connectivity index (χ4n) is 2.39. The highest BCUT2D eigenvalue weighted by molar-refractivity contribution is 9.10. The average molecular weight is 288 g/mol. The van der Waals surface area contributed by atoms with Crippen LogP contribution in [0.4, 0.5) is 4.39 Å². The predicted molar refractivity (Wildman–Crippen MR) is 64.7 cm³/mol. The summed E-state index contributed by atoms with van der Waals surface area (Å²) in [5, 5.41) is 9.72. The van der Waals surface area contributed by atoms with Crippen LogP contribution in [0, 0.1) is 11.7 Å². The standard InChI is InChI=1S/C12H15BrFNO/c13-9-6-5-8(12(16)10(9)14)11(15)7-3-1-2-4-7/h5-7,11,16H,1-4,15H2/t11-/m1/s1. The molecule has 0 saturated heterocycles. The first-order chi connectivity index (χ1) is 7.61. The molecule has 1 saturated carbocycles. The molecule has 0 bridgehead atoms. The Kier molecular flexibility index (Phi) is 3.50. The molecule has 1 fully saturated rings. The second-order valence-corrected chi connectivity index (χ2v) is 5.22. The van der Waals surface area contributed by atoms with Crippen molar-refractivity contribution in [2.75, 3.05) is 0 Å². The second kappa shape index (κ2) is 4.72. The Labute approximate surface area is 103 Å². The predicted octanol–water partition coefficient (Wildman–Crippen LogP) is 3.48. The van der Waals surface area contributed by atoms with Gasteiger partial charge < -0.3 is 10.8 Å². The zero-order chi connectivity index (χ0) is 11.7. The Morgan fingerprint density at radius 1 is 1.38 bits per heavy atom. The minimum atomic E-state index is -0.619. The number of halogens is 2. The van der Waals surface area contributed by atoms with Crippen molar-refractivity contribution in [1.82, 2.24) is 0 Å². The Bertz CT molecular complexity index is 391. The summed E-state index contributed by atoms with van der Waals surface area (Å²) in [6.45, 7) is 0. The van der Waals surface area contributed by atoms with E-state index >= 15 is 0 Å². The summed E-state index contributed by atoms with van der Waals surface area (Å²) >= 11 is 3.04. The number of hydrogen-bond donors (Lipinski definition) is 2. The smallest absolute Gasteiger partial charge is 0.179 e. The lowest BCUT2D eigenvalue weighted by atomic mass is 9.92. The van der Waals surface area contributed by atoms with Crippen molar-refractivity contribution < 1.29 is 9.50 Å². The van der Waals surface area contributed by atoms with E-state index in [4.69, 9.17) is 5.73 Å². The number of hydrogen-bond acceptors (Lipinski definition) is 2. The summed E-state index contributed by atoms with van der Waals surface area (Å²) < 4.78 is 13.8. The van der Waals surface area contributed by atoms with Gasteiger partial charge in [-0.15, -0.1) is 0 Å². The van der Waals surface area contributed by atoms with Gasteiger partial charge in [0.05, 0.1) is 4.47 Å². The first-order valence-electron chi connectivity index (χ1n) is 5.53. The van der Waals surface area contributed by atoms with E-state index in [-0.39, 0.29) is 16.3 Å². The molecule has 0 amide bonds. The van der Waals surface area contributed by atoms with Gasteiger partial charge >= 0.3 is 0 Å². The van der Waals surface area contributed by atoms with Crippen LogP contribution in [0.15, 0.2) is 16.6 Å². The van der Waals surface area contributed by atoms with Gasteiger partial charge in [-0.1, -0.05) is 18.9 Å². The molecule has 1 aromatic carbocycles. The van der Waals surface area contributed by atoms with Crippen LogP contribution in [0.1, 0.15) is 37.3 Å². The van der Waals surface area contributed by atoms with Gasteiger partial charge in [-0.2, -0.15) is 0 Å². The van der Waals surface area contributed by atoms with Gasteiger partial charge in [0.15, 0.2) is 11.6 Å². The number of phenols is 1. The highest BCUT2D eigenvalue weighted by Gasteiger charge is 2.26. The van der Waals surface area contributed by atoms with Crippen molar-refractivity contribution in [2.24, 2.45) is 11.7 Å². The molecular formula is C12H15BrFNO. The van der Waals surface area contributed by atoms with Crippen LogP contribution in [0.5, 0.6) is 5.75 Å². The molecule has 0 spiro atoms. The lowest BCUT2D eigenvalue weighted by molar-refractivity contribution is 0.391. The summed E-state index contributed by atoms with van der Waals surface area (Å²) in [7, 11) is 0. The zero-order valence-electron chi connectivity index (χ0n) is 8.92. The van der Waals surface area contributed by atoms with Crippen LogP contribution in [0.2, 0.25) is 0 Å². The molecule has 0 heterocycles. The van der Waals surface area contributed by atoms with Crippen LogP contribution in [0.25, 0.3) is 0 Å². The van der Waals surface area contributed by atoms with E-state index in [1.807, 2.05) is 0 Å². The molecule has 0 aliphatic heterocycles. The first-order valence-corrected chi connectivity index (χ1v) is 6.33. The molecule has 0 aromatic heterocycles. The second-order valence-electron chi connectivity index (χ2n) is 4.37. The summed E-state index contributed by atoms with van der Waals surface area (Å²) in [4.78, 5) is 0. The van der Waals surface area contributed by atoms with Crippen molar-refractivity contribution in [3.8, 4) is 5.75 Å². The molecule has 88 valence electrons. The molecule has 1 aromatic rings. The topological polar surface area (TPSA) is 46.2 Å². The maximum Gasteiger partial charge on any atom is 0.179 e. The van der Waals surface area contributed by atoms with Gasteiger partial charge in [0.2, 0.25) is 0 Å². The lowest BCUT2D eigenvalue weighted by Crippen LogP contribution is -2.19. The van der Waals surface area contributed by atoms with Crippen molar-refractivity contribution in [3.05, 3.63) is 28.0 Å². The highest BCUT2D eigenvalue weighted by atomic mass is 79.9. The summed E-state index contributed by atoms with van der Waals surface area (Å²) in [6, 6.07) is 3.04. The molecule has 1 atom stereocenters. The van der Waals surface area contributed by atoms with Gasteiger partial charge in [0.1, 0.15) is 0 Å². The van der Waals surface area contributed by atoms with E-state index in [9.17, 15) is 9.50 Å². The third-order valence-corrected chi connectivity index (χ3v) is 3.98. The van der Waals surface area contributed by atoms with E-state index in [0.717, 1.165) is 12.8 Å². The Hall–Kier alpha value is -0.610. The summed E-state index contributed by atoms with van der Waals surface area (Å²) in [6.07, 6.45) is 4.49. The molecule has 2 rings (SSSR count). The number of rotatable bonds is 2. The monoisotopic (exact) mass is 287 g/mol. The number of nitrogens with two attached hydrogens (primary N) is 1. The van der Waals surface area contributed by atoms with Crippen LogP contribution >= 0.6 is 15.9 Å². The first kappa shape index (κ1) is 11.9. The third-order valence-electron chi connectivity index (χ3n) is 3.37. The molecule has 2 nitrogen and oxygen atoms in total. The molecular weight excluding hydrogens is 273 g/mol. The Morgan fingerprint density at radius 3 is 2.62 bits per heavy atom. The lowest BCUT2D eigenvalue weighted by Gasteiger charge is -2.20. The van der Waals surface area contributed by atoms with Crippen molar-refractivity contribution in [2.45, 2.75) is 31.7 Å². The van der Waals surface area contributed by atoms with Gasteiger partial charge in [-0.3, -0.25) is 0 Å². The Morgan fingerprint density at radius 2 is 2.00 bits per heavy atom. The summed E-state index contributed by atoms with van der Waals surface area (Å²) in [5.41, 5.74) is 6.60. The molecule has 0 radical (unpaired) electrons. The van der Waals surface area contributed by atoms with E-state index < -0.39 is 5.82 Å². The molecule has 3 N–H and O–H groups in total. The minimum Gasteiger partial charge on any atom is -0.505 e. The highest BCUT2D eigenvalue weighted by Crippen LogP contribution is 2.39. The minimum absolute atomic E-state index is 0.259. The van der Waals surface area contributed by atoms with Crippen LogP contribution in [0.3, 0.4) is 0 Å². The van der Waals surface area contributed by atoms with Gasteiger partial charge in [-0.25, -0.2) is 4.39 Å². The summed E-state index contributed by atoms with van der Waals surface area (Å²) in [5.74, 6) is -0.564. The van der Waals surface area contributed by atoms with Crippen molar-refractivity contribution in [3.63, 3.8) is 0 Å². The van der Waals surface area contributed by atoms with E-state index in [1.165, 1.54) is 12.8 Å². The van der Waals surface area contributed by atoms with E-state index in [2.05, 4.69) is 15.9 Å². The Balaban J connectivity index is 2.29. The quantitative estimate of drug-likeness (QED) is 0.875. The van der Waals surface area contributed by atoms with Crippen molar-refractivity contribution in [1.29, 1.82) is 0 Å². The fourth-order valence-corrected chi connectivity index (χ4v) is 2.71. The SMILES string of the molecule is N[C@@H](c1ccc(Br)c(F)c1O)C1CCCC1. The van der Waals surface area contributed by atoms with Crippen LogP contribution in [-0.4, -0.2) is 5.11 Å². The van der Waals surface area contributed by atoms with Crippen molar-refractivity contribution >= 4 is 15.9 Å². The number of aromatic hydroxyl groups is 1. The number of benzene rings is 1. The molecule has 1 aliphatic carbocycles.